The van der Waals surface area contributed by atoms with Gasteiger partial charge in [0.15, 0.2) is 0 Å². The average molecular weight is 257 g/mol. The lowest BCUT2D eigenvalue weighted by Gasteiger charge is -2.11. The maximum Gasteiger partial charge on any atom is 0.123 e. The van der Waals surface area contributed by atoms with Crippen molar-refractivity contribution in [3.8, 4) is 0 Å². The quantitative estimate of drug-likeness (QED) is 0.890. The van der Waals surface area contributed by atoms with E-state index in [1.165, 1.54) is 37.0 Å². The molecule has 0 aliphatic heterocycles. The van der Waals surface area contributed by atoms with E-state index in [2.05, 4.69) is 41.1 Å². The van der Waals surface area contributed by atoms with Gasteiger partial charge in [0.2, 0.25) is 0 Å². The maximum absolute atomic E-state index is 4.75. The lowest BCUT2D eigenvalue weighted by atomic mass is 10.1. The Bertz CT molecular complexity index is 538. The molecule has 1 N–H and O–H groups in total. The van der Waals surface area contributed by atoms with Gasteiger partial charge in [-0.25, -0.2) is 4.98 Å². The number of nitrogens with one attached hydrogen (secondary N) is 1. The summed E-state index contributed by atoms with van der Waals surface area (Å²) in [6.07, 6.45) is 5.63. The molecule has 0 atom stereocenters. The Balaban J connectivity index is 1.69. The molecule has 102 valence electrons. The van der Waals surface area contributed by atoms with Crippen molar-refractivity contribution in [2.24, 2.45) is 5.92 Å². The van der Waals surface area contributed by atoms with Crippen molar-refractivity contribution >= 4 is 11.0 Å². The Labute approximate surface area is 115 Å². The van der Waals surface area contributed by atoms with Crippen LogP contribution in [0, 0.1) is 5.92 Å². The van der Waals surface area contributed by atoms with Crippen LogP contribution in [0.3, 0.4) is 0 Å². The van der Waals surface area contributed by atoms with Crippen molar-refractivity contribution in [1.82, 2.24) is 14.9 Å². The summed E-state index contributed by atoms with van der Waals surface area (Å²) in [6, 6.07) is 8.41. The fraction of sp³-hybridized carbons (Fsp3) is 0.562. The smallest absolute Gasteiger partial charge is 0.123 e. The number of para-hydroxylation sites is 2. The summed E-state index contributed by atoms with van der Waals surface area (Å²) in [7, 11) is 0. The molecule has 3 rings (SSSR count). The van der Waals surface area contributed by atoms with Crippen LogP contribution in [0.1, 0.15) is 38.4 Å². The number of benzene rings is 1. The van der Waals surface area contributed by atoms with Crippen molar-refractivity contribution in [3.05, 3.63) is 30.1 Å². The summed E-state index contributed by atoms with van der Waals surface area (Å²) in [5.74, 6) is 2.06. The van der Waals surface area contributed by atoms with Crippen molar-refractivity contribution in [2.75, 3.05) is 6.54 Å². The number of hydrogen-bond acceptors (Lipinski definition) is 2. The van der Waals surface area contributed by atoms with Crippen LogP contribution in [0.15, 0.2) is 24.3 Å². The second kappa shape index (κ2) is 5.74. The van der Waals surface area contributed by atoms with Crippen molar-refractivity contribution in [1.29, 1.82) is 0 Å². The minimum absolute atomic E-state index is 0.888. The molecular weight excluding hydrogens is 234 g/mol. The highest BCUT2D eigenvalue weighted by atomic mass is 15.1. The molecule has 1 aromatic heterocycles. The highest BCUT2D eigenvalue weighted by molar-refractivity contribution is 5.75. The minimum atomic E-state index is 0.888. The summed E-state index contributed by atoms with van der Waals surface area (Å²) in [4.78, 5) is 4.75. The Morgan fingerprint density at radius 3 is 2.84 bits per heavy atom. The van der Waals surface area contributed by atoms with Gasteiger partial charge in [-0.15, -0.1) is 0 Å². The number of fused-ring (bicyclic) bond motifs is 1. The van der Waals surface area contributed by atoms with Crippen LogP contribution in [0.2, 0.25) is 0 Å². The summed E-state index contributed by atoms with van der Waals surface area (Å²) in [5, 5.41) is 3.60. The van der Waals surface area contributed by atoms with E-state index in [9.17, 15) is 0 Å². The molecule has 3 heteroatoms. The molecule has 3 nitrogen and oxygen atoms in total. The molecule has 0 saturated heterocycles. The van der Waals surface area contributed by atoms with E-state index in [1.807, 2.05) is 0 Å². The second-order valence-corrected chi connectivity index (χ2v) is 5.54. The van der Waals surface area contributed by atoms with E-state index in [4.69, 9.17) is 4.98 Å². The SMILES string of the molecule is CCn1c(CNCC2CCCC2)nc2ccccc21. The van der Waals surface area contributed by atoms with Gasteiger partial charge in [0.1, 0.15) is 5.82 Å². The van der Waals surface area contributed by atoms with Gasteiger partial charge in [-0.3, -0.25) is 0 Å². The van der Waals surface area contributed by atoms with E-state index in [0.717, 1.165) is 31.1 Å². The van der Waals surface area contributed by atoms with E-state index in [0.29, 0.717) is 0 Å². The molecule has 1 aliphatic rings. The lowest BCUT2D eigenvalue weighted by Crippen LogP contribution is -2.22. The van der Waals surface area contributed by atoms with Crippen molar-refractivity contribution in [2.45, 2.75) is 45.7 Å². The van der Waals surface area contributed by atoms with Gasteiger partial charge in [-0.05, 0) is 44.4 Å². The molecule has 0 unspecified atom stereocenters. The molecule has 0 bridgehead atoms. The van der Waals surface area contributed by atoms with Crippen LogP contribution in [0.4, 0.5) is 0 Å². The zero-order valence-electron chi connectivity index (χ0n) is 11.7. The Morgan fingerprint density at radius 1 is 1.26 bits per heavy atom. The number of nitrogens with zero attached hydrogens (tertiary/aromatic N) is 2. The molecule has 0 amide bonds. The monoisotopic (exact) mass is 257 g/mol. The Morgan fingerprint density at radius 2 is 2.05 bits per heavy atom. The highest BCUT2D eigenvalue weighted by Gasteiger charge is 2.15. The number of rotatable bonds is 5. The molecule has 1 aliphatic carbocycles. The highest BCUT2D eigenvalue weighted by Crippen LogP contribution is 2.24. The van der Waals surface area contributed by atoms with Crippen LogP contribution >= 0.6 is 0 Å². The summed E-state index contributed by atoms with van der Waals surface area (Å²) in [6.45, 7) is 5.21. The first-order valence-electron chi connectivity index (χ1n) is 7.53. The molecule has 1 saturated carbocycles. The van der Waals surface area contributed by atoms with E-state index in [-0.39, 0.29) is 0 Å². The average Bonchev–Trinajstić information content (AvgIpc) is 3.05. The first kappa shape index (κ1) is 12.7. The van der Waals surface area contributed by atoms with Gasteiger partial charge in [0.25, 0.3) is 0 Å². The van der Waals surface area contributed by atoms with Crippen LogP contribution in [0.5, 0.6) is 0 Å². The van der Waals surface area contributed by atoms with Gasteiger partial charge in [0.05, 0.1) is 17.6 Å². The topological polar surface area (TPSA) is 29.9 Å². The second-order valence-electron chi connectivity index (χ2n) is 5.54. The minimum Gasteiger partial charge on any atom is -0.327 e. The number of hydrogen-bond donors (Lipinski definition) is 1. The summed E-state index contributed by atoms with van der Waals surface area (Å²) >= 11 is 0. The van der Waals surface area contributed by atoms with Crippen molar-refractivity contribution in [3.63, 3.8) is 0 Å². The molecule has 1 fully saturated rings. The normalized spacial score (nSPS) is 16.5. The van der Waals surface area contributed by atoms with Gasteiger partial charge in [-0.2, -0.15) is 0 Å². The predicted octanol–water partition coefficient (Wildman–Crippen LogP) is 3.34. The molecular formula is C16H23N3. The molecule has 1 heterocycles. The van der Waals surface area contributed by atoms with Crippen LogP contribution in [-0.4, -0.2) is 16.1 Å². The van der Waals surface area contributed by atoms with Crippen molar-refractivity contribution < 1.29 is 0 Å². The lowest BCUT2D eigenvalue weighted by molar-refractivity contribution is 0.479. The zero-order chi connectivity index (χ0) is 13.1. The third kappa shape index (κ3) is 2.66. The first-order valence-corrected chi connectivity index (χ1v) is 7.53. The fourth-order valence-corrected chi connectivity index (χ4v) is 3.22. The molecule has 0 spiro atoms. The molecule has 1 aromatic carbocycles. The van der Waals surface area contributed by atoms with E-state index < -0.39 is 0 Å². The number of imidazole rings is 1. The van der Waals surface area contributed by atoms with Crippen LogP contribution < -0.4 is 5.32 Å². The zero-order valence-corrected chi connectivity index (χ0v) is 11.7. The van der Waals surface area contributed by atoms with Crippen LogP contribution in [0.25, 0.3) is 11.0 Å². The number of aryl methyl sites for hydroxylation is 1. The third-order valence-corrected chi connectivity index (χ3v) is 4.24. The van der Waals surface area contributed by atoms with E-state index >= 15 is 0 Å². The van der Waals surface area contributed by atoms with Gasteiger partial charge >= 0.3 is 0 Å². The standard InChI is InChI=1S/C16H23N3/c1-2-19-15-10-6-5-9-14(15)18-16(19)12-17-11-13-7-3-4-8-13/h5-6,9-10,13,17H,2-4,7-8,11-12H2,1H3. The summed E-state index contributed by atoms with van der Waals surface area (Å²) < 4.78 is 2.32. The first-order chi connectivity index (χ1) is 9.38. The molecule has 19 heavy (non-hydrogen) atoms. The van der Waals surface area contributed by atoms with Crippen LogP contribution in [-0.2, 0) is 13.1 Å². The van der Waals surface area contributed by atoms with E-state index in [1.54, 1.807) is 0 Å². The van der Waals surface area contributed by atoms with Gasteiger partial charge in [0, 0.05) is 6.54 Å². The summed E-state index contributed by atoms with van der Waals surface area (Å²) in [5.41, 5.74) is 2.37. The Kier molecular flexibility index (Phi) is 3.83. The van der Waals surface area contributed by atoms with Gasteiger partial charge < -0.3 is 9.88 Å². The van der Waals surface area contributed by atoms with Gasteiger partial charge in [-0.1, -0.05) is 25.0 Å². The maximum atomic E-state index is 4.75. The predicted molar refractivity (Wildman–Crippen MR) is 79.1 cm³/mol. The third-order valence-electron chi connectivity index (χ3n) is 4.24. The largest absolute Gasteiger partial charge is 0.327 e. The fourth-order valence-electron chi connectivity index (χ4n) is 3.22. The molecule has 2 aromatic rings. The Hall–Kier alpha value is -1.35. The number of aromatic nitrogens is 2. The molecule has 0 radical (unpaired) electrons.